The lowest BCUT2D eigenvalue weighted by molar-refractivity contribution is -0.167. The minimum atomic E-state index is -0.636. The van der Waals surface area contributed by atoms with E-state index in [9.17, 15) is 9.59 Å². The highest BCUT2D eigenvalue weighted by molar-refractivity contribution is 5.75. The molecule has 0 rings (SSSR count). The van der Waals surface area contributed by atoms with E-state index in [2.05, 4.69) is 135 Å². The molecule has 0 aliphatic rings. The summed E-state index contributed by atoms with van der Waals surface area (Å²) in [6.45, 7) is 9.02. The first-order valence-electron chi connectivity index (χ1n) is 22.6. The molecule has 332 valence electrons. The number of carbonyl (C=O) groups is 2. The van der Waals surface area contributed by atoms with Gasteiger partial charge in [0, 0.05) is 20.3 Å². The van der Waals surface area contributed by atoms with E-state index in [1.54, 1.807) is 0 Å². The first-order valence-corrected chi connectivity index (χ1v) is 22.6. The van der Waals surface area contributed by atoms with Crippen molar-refractivity contribution in [3.05, 3.63) is 122 Å². The zero-order valence-electron chi connectivity index (χ0n) is 37.7. The summed E-state index contributed by atoms with van der Waals surface area (Å²) in [6.07, 6.45) is 58.8. The Morgan fingerprint density at radius 2 is 0.695 bits per heavy atom. The smallest absolute Gasteiger partial charge is 0.335 e. The van der Waals surface area contributed by atoms with Crippen LogP contribution in [0, 0.1) is 0 Å². The van der Waals surface area contributed by atoms with Crippen LogP contribution < -0.4 is 0 Å². The van der Waals surface area contributed by atoms with Crippen LogP contribution in [0.2, 0.25) is 0 Å². The van der Waals surface area contributed by atoms with Gasteiger partial charge in [-0.2, -0.15) is 0 Å². The van der Waals surface area contributed by atoms with E-state index in [-0.39, 0.29) is 13.2 Å². The van der Waals surface area contributed by atoms with Crippen molar-refractivity contribution in [2.45, 2.75) is 162 Å². The molecule has 0 heterocycles. The third-order valence-corrected chi connectivity index (χ3v) is 8.91. The normalized spacial score (nSPS) is 14.5. The largest absolute Gasteiger partial charge is 0.461 e. The van der Waals surface area contributed by atoms with Crippen LogP contribution in [0.3, 0.4) is 0 Å². The van der Waals surface area contributed by atoms with Crippen LogP contribution >= 0.6 is 0 Å². The molecule has 7 nitrogen and oxygen atoms in total. The molecule has 0 fully saturated rings. The third kappa shape index (κ3) is 38.2. The molecule has 0 spiro atoms. The summed E-state index contributed by atoms with van der Waals surface area (Å²) in [4.78, 5) is 25.4. The monoisotopic (exact) mass is 819 g/mol. The molecule has 2 atom stereocenters. The minimum Gasteiger partial charge on any atom is -0.461 e. The summed E-state index contributed by atoms with van der Waals surface area (Å²) >= 11 is 0. The molecule has 2 unspecified atom stereocenters. The van der Waals surface area contributed by atoms with Gasteiger partial charge in [-0.1, -0.05) is 149 Å². The minimum absolute atomic E-state index is 0.0278. The van der Waals surface area contributed by atoms with Crippen molar-refractivity contribution in [3.8, 4) is 0 Å². The molecule has 0 saturated heterocycles. The number of allylic oxidation sites excluding steroid dienone is 20. The van der Waals surface area contributed by atoms with E-state index in [4.69, 9.17) is 23.7 Å². The first-order chi connectivity index (χ1) is 29.0. The van der Waals surface area contributed by atoms with Gasteiger partial charge in [0.05, 0.1) is 0 Å². The summed E-state index contributed by atoms with van der Waals surface area (Å²) in [5.41, 5.74) is 0. The fourth-order valence-corrected chi connectivity index (χ4v) is 5.34. The molecule has 0 aliphatic carbocycles. The highest BCUT2D eigenvalue weighted by Gasteiger charge is 2.23. The van der Waals surface area contributed by atoms with Crippen molar-refractivity contribution in [3.63, 3.8) is 0 Å². The second-order valence-corrected chi connectivity index (χ2v) is 14.1. The van der Waals surface area contributed by atoms with Crippen LogP contribution in [0.4, 0.5) is 0 Å². The molecule has 0 radical (unpaired) electrons. The molecule has 59 heavy (non-hydrogen) atoms. The maximum Gasteiger partial charge on any atom is 0.335 e. The van der Waals surface area contributed by atoms with Crippen LogP contribution in [-0.4, -0.2) is 63.8 Å². The van der Waals surface area contributed by atoms with E-state index in [1.807, 2.05) is 13.8 Å². The number of hydrogen-bond donors (Lipinski definition) is 0. The van der Waals surface area contributed by atoms with Gasteiger partial charge in [-0.15, -0.1) is 0 Å². The molecular formula is C52H82O7. The number of hydrogen-bond acceptors (Lipinski definition) is 7. The van der Waals surface area contributed by atoms with Crippen molar-refractivity contribution in [2.24, 2.45) is 0 Å². The Bertz CT molecular complexity index is 1180. The quantitative estimate of drug-likeness (QED) is 0.0347. The zero-order chi connectivity index (χ0) is 43.1. The first kappa shape index (κ1) is 55.2. The van der Waals surface area contributed by atoms with Gasteiger partial charge in [0.25, 0.3) is 0 Å². The number of ether oxygens (including phenoxy) is 5. The fourth-order valence-electron chi connectivity index (χ4n) is 5.34. The number of rotatable bonds is 39. The highest BCUT2D eigenvalue weighted by Crippen LogP contribution is 2.09. The average molecular weight is 819 g/mol. The molecule has 7 heteroatoms. The van der Waals surface area contributed by atoms with E-state index >= 15 is 0 Å². The van der Waals surface area contributed by atoms with Crippen molar-refractivity contribution in [1.82, 2.24) is 0 Å². The van der Waals surface area contributed by atoms with E-state index in [1.165, 1.54) is 7.11 Å². The standard InChI is InChI=1S/C52H82O7/c1-6-10-12-14-16-18-20-22-24-26-28-30-32-34-36-38-40-42-44-56-49(8-3)51(53)58-46-48(55-5)47-59-52(54)50(9-4)57-45-43-41-39-37-35-33-31-29-27-25-23-21-19-17-15-13-11-7-2/h10-13,16-19,22-25,28-31,34-37,48-50H,6-9,14-15,20-21,26-27,32-33,38-47H2,1-5H3/b12-10-,13-11-,18-16-,19-17-,24-22-,25-23-,30-28-,31-29-,36-34-,37-35-. The number of carbonyl (C=O) groups excluding carboxylic acids is 2. The Morgan fingerprint density at radius 3 is 0.966 bits per heavy atom. The van der Waals surface area contributed by atoms with Crippen LogP contribution in [0.15, 0.2) is 122 Å². The Morgan fingerprint density at radius 1 is 0.407 bits per heavy atom. The summed E-state index contributed by atoms with van der Waals surface area (Å²) in [5, 5.41) is 0. The van der Waals surface area contributed by atoms with Crippen LogP contribution in [-0.2, 0) is 33.3 Å². The van der Waals surface area contributed by atoms with Gasteiger partial charge >= 0.3 is 11.9 Å². The van der Waals surface area contributed by atoms with Crippen molar-refractivity contribution in [1.29, 1.82) is 0 Å². The Labute approximate surface area is 360 Å². The molecule has 0 amide bonds. The predicted octanol–water partition coefficient (Wildman–Crippen LogP) is 13.5. The SMILES string of the molecule is CC/C=C\C/C=C\C/C=C\C/C=C\C/C=C\CCCCOC(CC)C(=O)OCC(COC(=O)C(CC)OCCCC/C=C\C/C=C\C/C=C\C/C=C\C/C=C\CC)OC. The molecular weight excluding hydrogens is 737 g/mol. The maximum atomic E-state index is 12.7. The van der Waals surface area contributed by atoms with Gasteiger partial charge in [-0.25, -0.2) is 9.59 Å². The Hall–Kier alpha value is -3.78. The summed E-state index contributed by atoms with van der Waals surface area (Å²) in [6, 6.07) is 0. The number of unbranched alkanes of at least 4 members (excludes halogenated alkanes) is 4. The second-order valence-electron chi connectivity index (χ2n) is 14.1. The molecule has 0 N–H and O–H groups in total. The number of esters is 2. The molecule has 0 aromatic carbocycles. The van der Waals surface area contributed by atoms with Gasteiger partial charge in [0.1, 0.15) is 19.3 Å². The van der Waals surface area contributed by atoms with Crippen molar-refractivity contribution < 1.29 is 33.3 Å². The van der Waals surface area contributed by atoms with Gasteiger partial charge < -0.3 is 23.7 Å². The third-order valence-electron chi connectivity index (χ3n) is 8.91. The molecule has 0 bridgehead atoms. The van der Waals surface area contributed by atoms with Gasteiger partial charge in [0.2, 0.25) is 0 Å². The molecule has 0 aliphatic heterocycles. The Kier molecular flexibility index (Phi) is 42.4. The summed E-state index contributed by atoms with van der Waals surface area (Å²) in [5.74, 6) is -0.865. The predicted molar refractivity (Wildman–Crippen MR) is 249 cm³/mol. The molecule has 0 saturated carbocycles. The highest BCUT2D eigenvalue weighted by atomic mass is 16.6. The van der Waals surface area contributed by atoms with Crippen LogP contribution in [0.25, 0.3) is 0 Å². The lowest BCUT2D eigenvalue weighted by Crippen LogP contribution is -2.34. The molecule has 0 aromatic rings. The van der Waals surface area contributed by atoms with Gasteiger partial charge in [-0.3, -0.25) is 0 Å². The van der Waals surface area contributed by atoms with E-state index in [0.29, 0.717) is 26.1 Å². The van der Waals surface area contributed by atoms with Crippen LogP contribution in [0.5, 0.6) is 0 Å². The van der Waals surface area contributed by atoms with E-state index < -0.39 is 30.3 Å². The Balaban J connectivity index is 4.08. The van der Waals surface area contributed by atoms with Gasteiger partial charge in [-0.05, 0) is 116 Å². The van der Waals surface area contributed by atoms with E-state index in [0.717, 1.165) is 103 Å². The summed E-state index contributed by atoms with van der Waals surface area (Å²) in [7, 11) is 1.50. The maximum absolute atomic E-state index is 12.7. The van der Waals surface area contributed by atoms with Crippen LogP contribution in [0.1, 0.15) is 143 Å². The lowest BCUT2D eigenvalue weighted by atomic mass is 10.2. The second kappa shape index (κ2) is 45.3. The zero-order valence-corrected chi connectivity index (χ0v) is 37.7. The fraction of sp³-hybridized carbons (Fsp3) is 0.577. The topological polar surface area (TPSA) is 80.3 Å². The number of methoxy groups -OCH3 is 1. The lowest BCUT2D eigenvalue weighted by Gasteiger charge is -2.20. The molecule has 0 aromatic heterocycles. The van der Waals surface area contributed by atoms with Crippen molar-refractivity contribution >= 4 is 11.9 Å². The van der Waals surface area contributed by atoms with Gasteiger partial charge in [0.15, 0.2) is 12.2 Å². The summed E-state index contributed by atoms with van der Waals surface area (Å²) < 4.78 is 28.0. The van der Waals surface area contributed by atoms with Crippen molar-refractivity contribution in [2.75, 3.05) is 33.5 Å². The average Bonchev–Trinajstić information content (AvgIpc) is 3.25.